The summed E-state index contributed by atoms with van der Waals surface area (Å²) >= 11 is 3.64. The minimum Gasteiger partial charge on any atom is -0.467 e. The van der Waals surface area contributed by atoms with Crippen LogP contribution >= 0.6 is 15.9 Å². The molecule has 0 saturated carbocycles. The van der Waals surface area contributed by atoms with E-state index in [1.54, 1.807) is 18.3 Å². The van der Waals surface area contributed by atoms with Gasteiger partial charge in [0.25, 0.3) is 0 Å². The van der Waals surface area contributed by atoms with Gasteiger partial charge in [0.05, 0.1) is 19.4 Å². The number of halogens is 1. The summed E-state index contributed by atoms with van der Waals surface area (Å²) < 4.78 is 13.6. The van der Waals surface area contributed by atoms with E-state index in [1.807, 2.05) is 41.8 Å². The number of amides is 1. The minimum absolute atomic E-state index is 0.0322. The molecule has 0 aliphatic heterocycles. The maximum atomic E-state index is 12.9. The second-order valence-electron chi connectivity index (χ2n) is 5.89. The highest BCUT2D eigenvalue weighted by molar-refractivity contribution is 9.10. The third-order valence-corrected chi connectivity index (χ3v) is 5.29. The fourth-order valence-electron chi connectivity index (χ4n) is 2.91. The quantitative estimate of drug-likeness (QED) is 0.598. The zero-order chi connectivity index (χ0) is 17.8. The molecule has 0 radical (unpaired) electrons. The molecular formula is C19H21BrN2O3. The molecule has 0 N–H and O–H groups in total. The molecule has 25 heavy (non-hydrogen) atoms. The molecule has 0 unspecified atom stereocenters. The molecule has 1 amide bonds. The molecule has 0 aliphatic carbocycles. The summed E-state index contributed by atoms with van der Waals surface area (Å²) in [6, 6.07) is 11.8. The Labute approximate surface area is 155 Å². The van der Waals surface area contributed by atoms with E-state index in [4.69, 9.17) is 9.15 Å². The maximum absolute atomic E-state index is 12.9. The number of hydrogen-bond acceptors (Lipinski definition) is 3. The van der Waals surface area contributed by atoms with Crippen LogP contribution in [0.3, 0.4) is 0 Å². The molecule has 1 aromatic carbocycles. The first kappa shape index (κ1) is 17.8. The van der Waals surface area contributed by atoms with Crippen molar-refractivity contribution in [3.8, 4) is 0 Å². The van der Waals surface area contributed by atoms with Gasteiger partial charge in [0.2, 0.25) is 5.91 Å². The molecule has 3 rings (SSSR count). The van der Waals surface area contributed by atoms with Gasteiger partial charge >= 0.3 is 0 Å². The Morgan fingerprint density at radius 1 is 1.28 bits per heavy atom. The minimum atomic E-state index is 0.0322. The largest absolute Gasteiger partial charge is 0.467 e. The number of carbonyl (C=O) groups is 1. The smallest absolute Gasteiger partial charge is 0.243 e. The molecule has 132 valence electrons. The Morgan fingerprint density at radius 3 is 2.80 bits per heavy atom. The van der Waals surface area contributed by atoms with Crippen molar-refractivity contribution in [3.63, 3.8) is 0 Å². The van der Waals surface area contributed by atoms with Crippen LogP contribution in [0, 0.1) is 6.92 Å². The Bertz CT molecular complexity index is 855. The summed E-state index contributed by atoms with van der Waals surface area (Å²) in [4.78, 5) is 14.7. The van der Waals surface area contributed by atoms with Crippen molar-refractivity contribution in [1.82, 2.24) is 9.47 Å². The van der Waals surface area contributed by atoms with Gasteiger partial charge in [0.15, 0.2) is 0 Å². The lowest BCUT2D eigenvalue weighted by Gasteiger charge is -2.22. The summed E-state index contributed by atoms with van der Waals surface area (Å²) in [7, 11) is 1.64. The Balaban J connectivity index is 1.84. The predicted molar refractivity (Wildman–Crippen MR) is 100 cm³/mol. The van der Waals surface area contributed by atoms with Gasteiger partial charge in [-0.2, -0.15) is 0 Å². The van der Waals surface area contributed by atoms with Crippen LogP contribution in [0.2, 0.25) is 0 Å². The molecule has 0 spiro atoms. The Hall–Kier alpha value is -2.05. The first-order valence-electron chi connectivity index (χ1n) is 8.14. The van der Waals surface area contributed by atoms with Gasteiger partial charge in [-0.3, -0.25) is 4.79 Å². The van der Waals surface area contributed by atoms with E-state index in [2.05, 4.69) is 22.0 Å². The van der Waals surface area contributed by atoms with Crippen molar-refractivity contribution in [2.45, 2.75) is 20.0 Å². The fourth-order valence-corrected chi connectivity index (χ4v) is 3.46. The average molecular weight is 405 g/mol. The van der Waals surface area contributed by atoms with Crippen LogP contribution < -0.4 is 0 Å². The summed E-state index contributed by atoms with van der Waals surface area (Å²) in [6.07, 6.45) is 1.62. The summed E-state index contributed by atoms with van der Waals surface area (Å²) in [6.45, 7) is 3.75. The van der Waals surface area contributed by atoms with E-state index in [9.17, 15) is 4.79 Å². The van der Waals surface area contributed by atoms with Crippen molar-refractivity contribution in [3.05, 3.63) is 58.6 Å². The van der Waals surface area contributed by atoms with Crippen LogP contribution in [0.15, 0.2) is 51.6 Å². The fraction of sp³-hybridized carbons (Fsp3) is 0.316. The van der Waals surface area contributed by atoms with Gasteiger partial charge < -0.3 is 18.6 Å². The number of furan rings is 1. The third kappa shape index (κ3) is 3.80. The van der Waals surface area contributed by atoms with Crippen LogP contribution in [-0.4, -0.2) is 35.6 Å². The molecule has 0 aliphatic rings. The summed E-state index contributed by atoms with van der Waals surface area (Å²) in [5.41, 5.74) is 2.09. The van der Waals surface area contributed by atoms with Crippen molar-refractivity contribution in [1.29, 1.82) is 0 Å². The summed E-state index contributed by atoms with van der Waals surface area (Å²) in [5.74, 6) is 0.796. The number of benzene rings is 1. The molecular weight excluding hydrogens is 384 g/mol. The number of aromatic nitrogens is 1. The number of methoxy groups -OCH3 is 1. The van der Waals surface area contributed by atoms with Crippen molar-refractivity contribution in [2.24, 2.45) is 0 Å². The number of carbonyl (C=O) groups excluding carboxylic acids is 1. The van der Waals surface area contributed by atoms with E-state index in [0.29, 0.717) is 19.7 Å². The molecule has 3 aromatic rings. The topological polar surface area (TPSA) is 47.6 Å². The molecule has 0 saturated heterocycles. The average Bonchev–Trinajstić information content (AvgIpc) is 3.22. The van der Waals surface area contributed by atoms with Gasteiger partial charge in [-0.1, -0.05) is 18.2 Å². The molecule has 2 heterocycles. The first-order valence-corrected chi connectivity index (χ1v) is 8.93. The molecule has 0 fully saturated rings. The number of ether oxygens (including phenoxy) is 1. The zero-order valence-corrected chi connectivity index (χ0v) is 16.0. The SMILES string of the molecule is COCCN(Cc1ccco1)C(=O)Cn1c(C)c(Br)c2ccccc21. The lowest BCUT2D eigenvalue weighted by molar-refractivity contribution is -0.133. The van der Waals surface area contributed by atoms with Crippen molar-refractivity contribution < 1.29 is 13.9 Å². The highest BCUT2D eigenvalue weighted by Crippen LogP contribution is 2.30. The Morgan fingerprint density at radius 2 is 2.08 bits per heavy atom. The molecule has 6 heteroatoms. The van der Waals surface area contributed by atoms with E-state index >= 15 is 0 Å². The molecule has 0 bridgehead atoms. The first-order chi connectivity index (χ1) is 12.1. The van der Waals surface area contributed by atoms with E-state index in [1.165, 1.54) is 0 Å². The predicted octanol–water partition coefficient (Wildman–Crippen LogP) is 3.98. The number of para-hydroxylation sites is 1. The third-order valence-electron chi connectivity index (χ3n) is 4.29. The lowest BCUT2D eigenvalue weighted by atomic mass is 10.2. The van der Waals surface area contributed by atoms with Gasteiger partial charge in [-0.15, -0.1) is 0 Å². The second kappa shape index (κ2) is 7.89. The number of nitrogens with zero attached hydrogens (tertiary/aromatic N) is 2. The molecule has 0 atom stereocenters. The zero-order valence-electron chi connectivity index (χ0n) is 14.4. The van der Waals surface area contributed by atoms with Gasteiger partial charge in [-0.05, 0) is 41.1 Å². The standard InChI is InChI=1S/C19H21BrN2O3/c1-14-19(20)16-7-3-4-8-17(16)22(14)13-18(23)21(9-11-24-2)12-15-6-5-10-25-15/h3-8,10H,9,11-13H2,1-2H3. The number of rotatable bonds is 7. The van der Waals surface area contributed by atoms with Gasteiger partial charge in [-0.25, -0.2) is 0 Å². The van der Waals surface area contributed by atoms with E-state index in [0.717, 1.165) is 26.8 Å². The number of hydrogen-bond donors (Lipinski definition) is 0. The van der Waals surface area contributed by atoms with Crippen LogP contribution in [0.4, 0.5) is 0 Å². The maximum Gasteiger partial charge on any atom is 0.243 e. The normalized spacial score (nSPS) is 11.2. The number of fused-ring (bicyclic) bond motifs is 1. The lowest BCUT2D eigenvalue weighted by Crippen LogP contribution is -2.36. The molecule has 5 nitrogen and oxygen atoms in total. The van der Waals surface area contributed by atoms with Crippen molar-refractivity contribution in [2.75, 3.05) is 20.3 Å². The highest BCUT2D eigenvalue weighted by atomic mass is 79.9. The highest BCUT2D eigenvalue weighted by Gasteiger charge is 2.19. The second-order valence-corrected chi connectivity index (χ2v) is 6.68. The van der Waals surface area contributed by atoms with Gasteiger partial charge in [0, 0.05) is 34.7 Å². The van der Waals surface area contributed by atoms with Crippen LogP contribution in [-0.2, 0) is 22.6 Å². The Kier molecular flexibility index (Phi) is 5.60. The van der Waals surface area contributed by atoms with E-state index in [-0.39, 0.29) is 12.5 Å². The van der Waals surface area contributed by atoms with Gasteiger partial charge in [0.1, 0.15) is 12.3 Å². The van der Waals surface area contributed by atoms with Crippen LogP contribution in [0.25, 0.3) is 10.9 Å². The monoisotopic (exact) mass is 404 g/mol. The van der Waals surface area contributed by atoms with Crippen molar-refractivity contribution >= 4 is 32.7 Å². The van der Waals surface area contributed by atoms with Crippen LogP contribution in [0.5, 0.6) is 0 Å². The molecule has 2 aromatic heterocycles. The van der Waals surface area contributed by atoms with E-state index < -0.39 is 0 Å². The van der Waals surface area contributed by atoms with Crippen LogP contribution in [0.1, 0.15) is 11.5 Å². The summed E-state index contributed by atoms with van der Waals surface area (Å²) in [5, 5.41) is 1.11.